The third kappa shape index (κ3) is 13.6. The number of ether oxygens (including phenoxy) is 3. The molecule has 2 amide bonds. The molecule has 0 bridgehead atoms. The van der Waals surface area contributed by atoms with Crippen molar-refractivity contribution in [2.24, 2.45) is 5.73 Å². The summed E-state index contributed by atoms with van der Waals surface area (Å²) >= 11 is 0. The summed E-state index contributed by atoms with van der Waals surface area (Å²) in [5, 5.41) is 0. The number of pyridine rings is 1. The van der Waals surface area contributed by atoms with Gasteiger partial charge in [0, 0.05) is 32.2 Å². The number of hydrogen-bond donors (Lipinski definition) is 1. The van der Waals surface area contributed by atoms with Gasteiger partial charge in [-0.25, -0.2) is 14.5 Å². The number of aryl methyl sites for hydroxylation is 1. The average molecular weight is 619 g/mol. The van der Waals surface area contributed by atoms with Crippen LogP contribution in [0.15, 0.2) is 24.4 Å². The van der Waals surface area contributed by atoms with Crippen molar-refractivity contribution in [1.29, 1.82) is 0 Å². The lowest BCUT2D eigenvalue weighted by Crippen LogP contribution is -2.59. The van der Waals surface area contributed by atoms with Crippen molar-refractivity contribution < 1.29 is 33.2 Å². The number of nitrogens with zero attached hydrogens (tertiary/aromatic N) is 2. The number of carbonyl (C=O) groups excluding carboxylic acids is 3. The maximum absolute atomic E-state index is 13.4. The van der Waals surface area contributed by atoms with Gasteiger partial charge in [0.15, 0.2) is 6.20 Å². The summed E-state index contributed by atoms with van der Waals surface area (Å²) in [6.45, 7) is 6.80. The van der Waals surface area contributed by atoms with E-state index >= 15 is 0 Å². The van der Waals surface area contributed by atoms with Crippen LogP contribution in [0.4, 0.5) is 4.79 Å². The van der Waals surface area contributed by atoms with E-state index in [9.17, 15) is 14.4 Å². The van der Waals surface area contributed by atoms with Crippen molar-refractivity contribution in [2.45, 2.75) is 155 Å². The van der Waals surface area contributed by atoms with E-state index in [1.54, 1.807) is 29.0 Å². The van der Waals surface area contributed by atoms with E-state index < -0.39 is 23.7 Å². The molecule has 0 radical (unpaired) electrons. The lowest BCUT2D eigenvalue weighted by atomic mass is 10.0. The second-order valence-corrected chi connectivity index (χ2v) is 12.2. The molecule has 1 fully saturated rings. The minimum absolute atomic E-state index is 0.0177. The molecular formula is C35H60N3O6+. The van der Waals surface area contributed by atoms with Gasteiger partial charge in [0.2, 0.25) is 5.91 Å². The van der Waals surface area contributed by atoms with E-state index in [1.165, 1.54) is 77.6 Å². The first-order chi connectivity index (χ1) is 21.3. The van der Waals surface area contributed by atoms with Crippen LogP contribution in [0.1, 0.15) is 142 Å². The molecule has 0 aliphatic carbocycles. The first-order valence-corrected chi connectivity index (χ1v) is 17.4. The molecule has 1 aromatic rings. The summed E-state index contributed by atoms with van der Waals surface area (Å²) in [4.78, 5) is 40.2. The van der Waals surface area contributed by atoms with Crippen molar-refractivity contribution >= 4 is 18.0 Å². The zero-order chi connectivity index (χ0) is 32.0. The predicted octanol–water partition coefficient (Wildman–Crippen LogP) is 7.07. The van der Waals surface area contributed by atoms with Crippen molar-refractivity contribution in [3.05, 3.63) is 30.1 Å². The molecule has 2 atom stereocenters. The van der Waals surface area contributed by atoms with E-state index in [4.69, 9.17) is 19.9 Å². The summed E-state index contributed by atoms with van der Waals surface area (Å²) in [7, 11) is 0. The van der Waals surface area contributed by atoms with Gasteiger partial charge >= 0.3 is 17.8 Å². The third-order valence-electron chi connectivity index (χ3n) is 8.47. The molecule has 1 aromatic heterocycles. The first kappa shape index (κ1) is 37.7. The molecule has 1 aliphatic heterocycles. The molecule has 2 unspecified atom stereocenters. The summed E-state index contributed by atoms with van der Waals surface area (Å²) in [6.07, 6.45) is 21.7. The van der Waals surface area contributed by atoms with Gasteiger partial charge in [-0.2, -0.15) is 4.57 Å². The molecule has 9 heteroatoms. The number of esters is 1. The highest BCUT2D eigenvalue weighted by Gasteiger charge is 2.50. The van der Waals surface area contributed by atoms with Gasteiger partial charge in [-0.1, -0.05) is 96.8 Å². The summed E-state index contributed by atoms with van der Waals surface area (Å²) in [5.74, 6) is -1.35. The second-order valence-electron chi connectivity index (χ2n) is 12.2. The Kier molecular flexibility index (Phi) is 18.9. The van der Waals surface area contributed by atoms with Gasteiger partial charge in [-0.15, -0.1) is 0 Å². The van der Waals surface area contributed by atoms with E-state index in [2.05, 4.69) is 6.92 Å². The number of rotatable bonds is 22. The number of aromatic nitrogens is 1. The third-order valence-corrected chi connectivity index (χ3v) is 8.47. The van der Waals surface area contributed by atoms with Crippen LogP contribution < -0.4 is 10.3 Å². The van der Waals surface area contributed by atoms with Crippen LogP contribution in [-0.4, -0.2) is 48.7 Å². The van der Waals surface area contributed by atoms with Gasteiger partial charge in [-0.3, -0.25) is 10.5 Å². The minimum Gasteiger partial charge on any atom is -0.458 e. The SMILES string of the molecule is CCCCCCCCCCCCCCCCCN(C(C)=O)C(=O)OC(N)(C(=O)OCC1CCCCO1)c1cccc[n+]1CC. The monoisotopic (exact) mass is 618 g/mol. The number of amides is 2. The molecule has 0 aromatic carbocycles. The van der Waals surface area contributed by atoms with Crippen LogP contribution in [0.3, 0.4) is 0 Å². The topological polar surface area (TPSA) is 112 Å². The lowest BCUT2D eigenvalue weighted by molar-refractivity contribution is -0.706. The highest BCUT2D eigenvalue weighted by Crippen LogP contribution is 2.23. The molecule has 2 heterocycles. The van der Waals surface area contributed by atoms with Crippen molar-refractivity contribution in [3.63, 3.8) is 0 Å². The maximum atomic E-state index is 13.4. The largest absolute Gasteiger partial charge is 0.458 e. The van der Waals surface area contributed by atoms with Crippen molar-refractivity contribution in [1.82, 2.24) is 4.90 Å². The lowest BCUT2D eigenvalue weighted by Gasteiger charge is -2.29. The number of unbranched alkanes of at least 4 members (excludes halogenated alkanes) is 14. The van der Waals surface area contributed by atoms with Crippen molar-refractivity contribution in [3.8, 4) is 0 Å². The Bertz CT molecular complexity index is 968. The predicted molar refractivity (Wildman–Crippen MR) is 172 cm³/mol. The number of nitrogens with two attached hydrogens (primary N) is 1. The Labute approximate surface area is 266 Å². The first-order valence-electron chi connectivity index (χ1n) is 17.4. The van der Waals surface area contributed by atoms with Gasteiger partial charge in [0.05, 0.1) is 6.10 Å². The summed E-state index contributed by atoms with van der Waals surface area (Å²) < 4.78 is 18.6. The van der Waals surface area contributed by atoms with Crippen LogP contribution in [-0.2, 0) is 36.1 Å². The number of carbonyl (C=O) groups is 3. The quantitative estimate of drug-likeness (QED) is 0.0640. The average Bonchev–Trinajstić information content (AvgIpc) is 3.03. The van der Waals surface area contributed by atoms with Gasteiger partial charge < -0.3 is 14.2 Å². The second kappa shape index (κ2) is 22.1. The minimum atomic E-state index is -2.23. The summed E-state index contributed by atoms with van der Waals surface area (Å²) in [5.41, 5.74) is 4.60. The van der Waals surface area contributed by atoms with Crippen LogP contribution in [0.25, 0.3) is 0 Å². The molecule has 2 rings (SSSR count). The molecule has 9 nitrogen and oxygen atoms in total. The molecular weight excluding hydrogens is 558 g/mol. The maximum Gasteiger partial charge on any atom is 0.419 e. The fraction of sp³-hybridized carbons (Fsp3) is 0.771. The fourth-order valence-corrected chi connectivity index (χ4v) is 5.71. The van der Waals surface area contributed by atoms with Gasteiger partial charge in [-0.05, 0) is 38.7 Å². The van der Waals surface area contributed by atoms with Crippen molar-refractivity contribution in [2.75, 3.05) is 19.8 Å². The van der Waals surface area contributed by atoms with Crippen LogP contribution in [0.2, 0.25) is 0 Å². The van der Waals surface area contributed by atoms with Crippen LogP contribution in [0.5, 0.6) is 0 Å². The Morgan fingerprint density at radius 1 is 0.909 bits per heavy atom. The smallest absolute Gasteiger partial charge is 0.419 e. The van der Waals surface area contributed by atoms with E-state index in [0.29, 0.717) is 19.6 Å². The zero-order valence-electron chi connectivity index (χ0n) is 27.9. The Morgan fingerprint density at radius 2 is 1.50 bits per heavy atom. The fourth-order valence-electron chi connectivity index (χ4n) is 5.71. The highest BCUT2D eigenvalue weighted by molar-refractivity contribution is 5.92. The van der Waals surface area contributed by atoms with Gasteiger partial charge in [0.1, 0.15) is 13.2 Å². The molecule has 1 saturated heterocycles. The molecule has 250 valence electrons. The molecule has 0 spiro atoms. The standard InChI is InChI=1S/C35H60N3O6/c1-4-6-7-8-9-10-11-12-13-14-15-16-17-18-21-27-38(30(3)39)34(41)44-35(36,32-25-19-22-26-37(32)5-2)33(40)43-29-31-24-20-23-28-42-31/h19,22,25-26,31H,4-18,20-21,23-24,27-29,36H2,1-3H3/q+1. The number of hydrogen-bond acceptors (Lipinski definition) is 7. The highest BCUT2D eigenvalue weighted by atomic mass is 16.6. The van der Waals surface area contributed by atoms with E-state index in [1.807, 2.05) is 6.92 Å². The molecule has 2 N–H and O–H groups in total. The zero-order valence-corrected chi connectivity index (χ0v) is 27.9. The molecule has 1 aliphatic rings. The normalized spacial score (nSPS) is 16.2. The Morgan fingerprint density at radius 3 is 2.02 bits per heavy atom. The molecule has 0 saturated carbocycles. The Hall–Kier alpha value is -2.52. The number of imide groups is 1. The van der Waals surface area contributed by atoms with E-state index in [-0.39, 0.29) is 24.9 Å². The van der Waals surface area contributed by atoms with Crippen LogP contribution >= 0.6 is 0 Å². The Balaban J connectivity index is 1.82. The van der Waals surface area contributed by atoms with E-state index in [0.717, 1.165) is 43.4 Å². The van der Waals surface area contributed by atoms with Crippen LogP contribution in [0, 0.1) is 0 Å². The molecule has 44 heavy (non-hydrogen) atoms. The summed E-state index contributed by atoms with van der Waals surface area (Å²) in [6, 6.07) is 5.14. The van der Waals surface area contributed by atoms with Gasteiger partial charge in [0.25, 0.3) is 5.69 Å².